The molecule has 1 atom stereocenters. The minimum Gasteiger partial charge on any atom is -0.335 e. The summed E-state index contributed by atoms with van der Waals surface area (Å²) in [6.45, 7) is 9.37. The van der Waals surface area contributed by atoms with Crippen molar-refractivity contribution in [3.8, 4) is 0 Å². The molecule has 2 amide bonds. The molecule has 0 fully saturated rings. The molecule has 0 radical (unpaired) electrons. The first kappa shape index (κ1) is 18.5. The molecule has 0 heterocycles. The van der Waals surface area contributed by atoms with E-state index < -0.39 is 15.1 Å². The van der Waals surface area contributed by atoms with Gasteiger partial charge < -0.3 is 10.6 Å². The van der Waals surface area contributed by atoms with Gasteiger partial charge >= 0.3 is 6.03 Å². The van der Waals surface area contributed by atoms with Crippen LogP contribution in [0.3, 0.4) is 0 Å². The molecule has 2 N–H and O–H groups in total. The van der Waals surface area contributed by atoms with Crippen molar-refractivity contribution in [2.75, 3.05) is 5.32 Å². The third-order valence-corrected chi connectivity index (χ3v) is 5.83. The van der Waals surface area contributed by atoms with E-state index in [1.54, 1.807) is 38.1 Å². The van der Waals surface area contributed by atoms with Crippen molar-refractivity contribution in [3.05, 3.63) is 29.8 Å². The van der Waals surface area contributed by atoms with Crippen LogP contribution >= 0.6 is 0 Å². The molecule has 0 unspecified atom stereocenters. The van der Waals surface area contributed by atoms with Crippen LogP contribution in [0, 0.1) is 5.92 Å². The lowest BCUT2D eigenvalue weighted by molar-refractivity contribution is 0.246. The highest BCUT2D eigenvalue weighted by molar-refractivity contribution is 7.91. The summed E-state index contributed by atoms with van der Waals surface area (Å²) in [5.74, 6) is 0.371. The zero-order chi connectivity index (χ0) is 16.9. The first-order valence-corrected chi connectivity index (χ1v) is 9.21. The van der Waals surface area contributed by atoms with E-state index in [4.69, 9.17) is 0 Å². The Bertz CT molecular complexity index is 592. The number of carbonyl (C=O) groups is 1. The van der Waals surface area contributed by atoms with E-state index in [0.29, 0.717) is 11.6 Å². The lowest BCUT2D eigenvalue weighted by Gasteiger charge is -2.18. The van der Waals surface area contributed by atoms with E-state index >= 15 is 0 Å². The zero-order valence-corrected chi connectivity index (χ0v) is 14.7. The Hall–Kier alpha value is -1.56. The highest BCUT2D eigenvalue weighted by Crippen LogP contribution is 2.14. The fourth-order valence-corrected chi connectivity index (χ4v) is 2.61. The van der Waals surface area contributed by atoms with Crippen molar-refractivity contribution in [2.45, 2.75) is 51.7 Å². The highest BCUT2D eigenvalue weighted by atomic mass is 32.2. The third-order valence-electron chi connectivity index (χ3n) is 3.66. The molecule has 0 aromatic heterocycles. The molecular weight excluding hydrogens is 300 g/mol. The molecule has 1 aromatic rings. The molecule has 0 spiro atoms. The summed E-state index contributed by atoms with van der Waals surface area (Å²) in [6, 6.07) is 6.69. The average molecular weight is 326 g/mol. The average Bonchev–Trinajstić information content (AvgIpc) is 2.40. The molecule has 0 aliphatic rings. The summed E-state index contributed by atoms with van der Waals surface area (Å²) >= 11 is 0. The van der Waals surface area contributed by atoms with Crippen LogP contribution in [-0.2, 0) is 15.6 Å². The summed E-state index contributed by atoms with van der Waals surface area (Å²) in [6.07, 6.45) is 0. The minimum absolute atomic E-state index is 0.0154. The Balaban J connectivity index is 2.64. The maximum absolute atomic E-state index is 11.9. The fraction of sp³-hybridized carbons (Fsp3) is 0.562. The number of sulfone groups is 1. The molecule has 0 aliphatic heterocycles. The Kier molecular flexibility index (Phi) is 6.41. The second kappa shape index (κ2) is 7.63. The van der Waals surface area contributed by atoms with Crippen molar-refractivity contribution in [1.29, 1.82) is 0 Å². The van der Waals surface area contributed by atoms with Crippen LogP contribution in [0.4, 0.5) is 10.5 Å². The number of hydrogen-bond donors (Lipinski definition) is 2. The first-order chi connectivity index (χ1) is 10.1. The Morgan fingerprint density at radius 2 is 1.59 bits per heavy atom. The summed E-state index contributed by atoms with van der Waals surface area (Å²) in [7, 11) is -3.11. The van der Waals surface area contributed by atoms with E-state index in [1.807, 2.05) is 20.8 Å². The second-order valence-electron chi connectivity index (χ2n) is 6.18. The van der Waals surface area contributed by atoms with Gasteiger partial charge in [0.1, 0.15) is 0 Å². The number of anilines is 1. The number of rotatable bonds is 6. The smallest absolute Gasteiger partial charge is 0.319 e. The molecule has 5 nitrogen and oxygen atoms in total. The summed E-state index contributed by atoms with van der Waals surface area (Å²) in [5, 5.41) is 5.20. The predicted molar refractivity (Wildman–Crippen MR) is 90.7 cm³/mol. The van der Waals surface area contributed by atoms with Gasteiger partial charge in [0.2, 0.25) is 0 Å². The van der Waals surface area contributed by atoms with Crippen LogP contribution in [0.15, 0.2) is 24.3 Å². The van der Waals surface area contributed by atoms with Gasteiger partial charge in [-0.05, 0) is 44.4 Å². The number of hydrogen-bond acceptors (Lipinski definition) is 3. The van der Waals surface area contributed by atoms with Crippen molar-refractivity contribution in [2.24, 2.45) is 5.92 Å². The van der Waals surface area contributed by atoms with Crippen LogP contribution in [0.5, 0.6) is 0 Å². The molecule has 6 heteroatoms. The van der Waals surface area contributed by atoms with Gasteiger partial charge in [0.25, 0.3) is 0 Å². The van der Waals surface area contributed by atoms with Gasteiger partial charge in [0, 0.05) is 11.7 Å². The number of benzene rings is 1. The van der Waals surface area contributed by atoms with Gasteiger partial charge in [-0.15, -0.1) is 0 Å². The monoisotopic (exact) mass is 326 g/mol. The van der Waals surface area contributed by atoms with Gasteiger partial charge in [-0.3, -0.25) is 0 Å². The fourth-order valence-electron chi connectivity index (χ4n) is 1.62. The van der Waals surface area contributed by atoms with Gasteiger partial charge in [0.15, 0.2) is 9.84 Å². The topological polar surface area (TPSA) is 75.3 Å². The summed E-state index contributed by atoms with van der Waals surface area (Å²) in [5.41, 5.74) is 1.36. The van der Waals surface area contributed by atoms with Crippen molar-refractivity contribution in [3.63, 3.8) is 0 Å². The van der Waals surface area contributed by atoms with Gasteiger partial charge in [-0.25, -0.2) is 13.2 Å². The molecule has 0 aliphatic carbocycles. The summed E-state index contributed by atoms with van der Waals surface area (Å²) < 4.78 is 23.7. The van der Waals surface area contributed by atoms with E-state index in [-0.39, 0.29) is 17.8 Å². The van der Waals surface area contributed by atoms with Gasteiger partial charge in [0.05, 0.1) is 11.0 Å². The Morgan fingerprint density at radius 3 is 2.05 bits per heavy atom. The van der Waals surface area contributed by atoms with Gasteiger partial charge in [-0.1, -0.05) is 26.0 Å². The Labute approximate surface area is 133 Å². The molecule has 1 rings (SSSR count). The van der Waals surface area contributed by atoms with Crippen molar-refractivity contribution in [1.82, 2.24) is 5.32 Å². The first-order valence-electron chi connectivity index (χ1n) is 7.50. The minimum atomic E-state index is -3.11. The van der Waals surface area contributed by atoms with E-state index in [9.17, 15) is 13.2 Å². The molecule has 22 heavy (non-hydrogen) atoms. The molecule has 0 bridgehead atoms. The SMILES string of the molecule is CC(C)[C@H](C)NC(=O)Nc1ccc(CS(=O)(=O)C(C)C)cc1. The molecular formula is C16H26N2O3S. The van der Waals surface area contributed by atoms with Crippen LogP contribution in [0.25, 0.3) is 0 Å². The van der Waals surface area contributed by atoms with E-state index in [0.717, 1.165) is 5.56 Å². The van der Waals surface area contributed by atoms with Gasteiger partial charge in [-0.2, -0.15) is 0 Å². The molecule has 1 aromatic carbocycles. The van der Waals surface area contributed by atoms with Crippen molar-refractivity contribution >= 4 is 21.6 Å². The van der Waals surface area contributed by atoms with E-state index in [2.05, 4.69) is 10.6 Å². The number of nitrogens with one attached hydrogen (secondary N) is 2. The predicted octanol–water partition coefficient (Wildman–Crippen LogP) is 3.18. The van der Waals surface area contributed by atoms with Crippen LogP contribution in [0.1, 0.15) is 40.2 Å². The summed E-state index contributed by atoms with van der Waals surface area (Å²) in [4.78, 5) is 11.8. The lowest BCUT2D eigenvalue weighted by atomic mass is 10.1. The molecule has 124 valence electrons. The standard InChI is InChI=1S/C16H26N2O3S/c1-11(2)13(5)17-16(19)18-15-8-6-14(7-9-15)10-22(20,21)12(3)4/h6-9,11-13H,10H2,1-5H3,(H2,17,18,19)/t13-/m0/s1. The molecule has 0 saturated carbocycles. The highest BCUT2D eigenvalue weighted by Gasteiger charge is 2.16. The van der Waals surface area contributed by atoms with Crippen LogP contribution < -0.4 is 10.6 Å². The number of urea groups is 1. The largest absolute Gasteiger partial charge is 0.335 e. The maximum Gasteiger partial charge on any atom is 0.319 e. The second-order valence-corrected chi connectivity index (χ2v) is 8.74. The van der Waals surface area contributed by atoms with Crippen LogP contribution in [0.2, 0.25) is 0 Å². The third kappa shape index (κ3) is 5.67. The normalized spacial score (nSPS) is 13.2. The Morgan fingerprint density at radius 1 is 1.05 bits per heavy atom. The maximum atomic E-state index is 11.9. The number of amides is 2. The van der Waals surface area contributed by atoms with Crippen molar-refractivity contribution < 1.29 is 13.2 Å². The lowest BCUT2D eigenvalue weighted by Crippen LogP contribution is -2.38. The number of carbonyl (C=O) groups excluding carboxylic acids is 1. The quantitative estimate of drug-likeness (QED) is 0.843. The van der Waals surface area contributed by atoms with Crippen LogP contribution in [-0.4, -0.2) is 25.7 Å². The van der Waals surface area contributed by atoms with E-state index in [1.165, 1.54) is 0 Å². The molecule has 0 saturated heterocycles. The zero-order valence-electron chi connectivity index (χ0n) is 13.9.